The molecule has 0 saturated heterocycles. The van der Waals surface area contributed by atoms with Gasteiger partial charge in [-0.05, 0) is 39.2 Å². The van der Waals surface area contributed by atoms with Crippen molar-refractivity contribution in [3.8, 4) is 0 Å². The molecule has 4 nitrogen and oxygen atoms in total. The minimum absolute atomic E-state index is 0.485. The number of aromatic nitrogens is 2. The molecule has 0 radical (unpaired) electrons. The van der Waals surface area contributed by atoms with E-state index in [1.807, 2.05) is 26.8 Å². The lowest BCUT2D eigenvalue weighted by Crippen LogP contribution is -2.09. The molecule has 0 aromatic carbocycles. The molecule has 1 aromatic heterocycles. The summed E-state index contributed by atoms with van der Waals surface area (Å²) in [5, 5.41) is 4.29. The Hall–Kier alpha value is -1.45. The maximum absolute atomic E-state index is 4.29. The molecule has 0 spiro atoms. The first-order valence-corrected chi connectivity index (χ1v) is 5.65. The van der Waals surface area contributed by atoms with Crippen LogP contribution < -0.4 is 5.43 Å². The summed E-state index contributed by atoms with van der Waals surface area (Å²) in [4.78, 5) is 8.52. The van der Waals surface area contributed by atoms with Crippen LogP contribution in [-0.4, -0.2) is 15.7 Å². The molecular formula is C12H20N4. The summed E-state index contributed by atoms with van der Waals surface area (Å²) in [6.45, 7) is 10.2. The van der Waals surface area contributed by atoms with E-state index in [2.05, 4.69) is 34.3 Å². The zero-order chi connectivity index (χ0) is 12.1. The third-order valence-corrected chi connectivity index (χ3v) is 2.64. The standard InChI is InChI=1S/C12H20N4/c1-6-8(2)11(5)15-16-12-13-9(3)7-10(4)14-12/h7-8H,6H2,1-5H3,(H,13,14,16)/b15-11-/t8-/m1/s1. The average molecular weight is 220 g/mol. The van der Waals surface area contributed by atoms with Crippen LogP contribution in [0.2, 0.25) is 0 Å². The maximum atomic E-state index is 4.29. The van der Waals surface area contributed by atoms with E-state index in [0.717, 1.165) is 23.5 Å². The summed E-state index contributed by atoms with van der Waals surface area (Å²) in [5.41, 5.74) is 5.88. The van der Waals surface area contributed by atoms with Gasteiger partial charge in [0.25, 0.3) is 0 Å². The molecule has 1 rings (SSSR count). The van der Waals surface area contributed by atoms with Gasteiger partial charge in [0, 0.05) is 17.1 Å². The molecule has 0 saturated carbocycles. The summed E-state index contributed by atoms with van der Waals surface area (Å²) < 4.78 is 0. The molecule has 16 heavy (non-hydrogen) atoms. The molecule has 0 aliphatic rings. The smallest absolute Gasteiger partial charge is 0.243 e. The van der Waals surface area contributed by atoms with E-state index in [-0.39, 0.29) is 0 Å². The normalized spacial score (nSPS) is 13.7. The van der Waals surface area contributed by atoms with Crippen molar-refractivity contribution in [1.29, 1.82) is 0 Å². The van der Waals surface area contributed by atoms with Crippen LogP contribution in [0.5, 0.6) is 0 Å². The van der Waals surface area contributed by atoms with Crippen LogP contribution in [0.4, 0.5) is 5.95 Å². The van der Waals surface area contributed by atoms with Crippen molar-refractivity contribution in [3.05, 3.63) is 17.5 Å². The van der Waals surface area contributed by atoms with Crippen LogP contribution >= 0.6 is 0 Å². The van der Waals surface area contributed by atoms with Crippen LogP contribution in [0.1, 0.15) is 38.6 Å². The van der Waals surface area contributed by atoms with E-state index in [9.17, 15) is 0 Å². The fourth-order valence-corrected chi connectivity index (χ4v) is 1.32. The van der Waals surface area contributed by atoms with Gasteiger partial charge in [-0.2, -0.15) is 5.10 Å². The lowest BCUT2D eigenvalue weighted by atomic mass is 10.1. The van der Waals surface area contributed by atoms with Gasteiger partial charge in [-0.1, -0.05) is 13.8 Å². The van der Waals surface area contributed by atoms with Gasteiger partial charge >= 0.3 is 0 Å². The number of rotatable bonds is 4. The highest BCUT2D eigenvalue weighted by atomic mass is 15.4. The van der Waals surface area contributed by atoms with Crippen LogP contribution in [0.25, 0.3) is 0 Å². The minimum atomic E-state index is 0.485. The molecule has 1 atom stereocenters. The maximum Gasteiger partial charge on any atom is 0.243 e. The van der Waals surface area contributed by atoms with Crippen molar-refractivity contribution >= 4 is 11.7 Å². The van der Waals surface area contributed by atoms with Crippen molar-refractivity contribution in [3.63, 3.8) is 0 Å². The molecule has 1 heterocycles. The molecule has 4 heteroatoms. The van der Waals surface area contributed by atoms with Gasteiger partial charge in [-0.15, -0.1) is 0 Å². The van der Waals surface area contributed by atoms with E-state index in [1.165, 1.54) is 0 Å². The van der Waals surface area contributed by atoms with Crippen molar-refractivity contribution in [2.24, 2.45) is 11.0 Å². The number of nitrogens with zero attached hydrogens (tertiary/aromatic N) is 3. The summed E-state index contributed by atoms with van der Waals surface area (Å²) in [5.74, 6) is 1.05. The number of aryl methyl sites for hydroxylation is 2. The number of hydrazone groups is 1. The van der Waals surface area contributed by atoms with Crippen LogP contribution in [0.3, 0.4) is 0 Å². The molecule has 0 amide bonds. The molecule has 0 aliphatic heterocycles. The fourth-order valence-electron chi connectivity index (χ4n) is 1.32. The van der Waals surface area contributed by atoms with Gasteiger partial charge in [-0.25, -0.2) is 15.4 Å². The summed E-state index contributed by atoms with van der Waals surface area (Å²) >= 11 is 0. The highest BCUT2D eigenvalue weighted by Crippen LogP contribution is 2.06. The van der Waals surface area contributed by atoms with Crippen molar-refractivity contribution in [2.45, 2.75) is 41.0 Å². The quantitative estimate of drug-likeness (QED) is 0.627. The molecular weight excluding hydrogens is 200 g/mol. The average Bonchev–Trinajstić information content (AvgIpc) is 2.23. The van der Waals surface area contributed by atoms with Crippen molar-refractivity contribution in [1.82, 2.24) is 9.97 Å². The second-order valence-corrected chi connectivity index (χ2v) is 4.15. The van der Waals surface area contributed by atoms with Crippen LogP contribution in [0.15, 0.2) is 11.2 Å². The SMILES string of the molecule is CC[C@@H](C)/C(C)=N\Nc1nc(C)cc(C)n1. The Morgan fingerprint density at radius 2 is 1.94 bits per heavy atom. The first kappa shape index (κ1) is 12.6. The molecule has 0 aliphatic carbocycles. The fraction of sp³-hybridized carbons (Fsp3) is 0.583. The first-order chi connectivity index (χ1) is 7.52. The molecule has 0 unspecified atom stereocenters. The Labute approximate surface area is 97.2 Å². The lowest BCUT2D eigenvalue weighted by Gasteiger charge is -2.08. The Kier molecular flexibility index (Phi) is 4.40. The first-order valence-electron chi connectivity index (χ1n) is 5.65. The number of hydrogen-bond donors (Lipinski definition) is 1. The van der Waals surface area contributed by atoms with E-state index in [4.69, 9.17) is 0 Å². The van der Waals surface area contributed by atoms with E-state index in [0.29, 0.717) is 11.9 Å². The summed E-state index contributed by atoms with van der Waals surface area (Å²) in [6, 6.07) is 1.94. The molecule has 1 N–H and O–H groups in total. The second kappa shape index (κ2) is 5.58. The van der Waals surface area contributed by atoms with E-state index < -0.39 is 0 Å². The van der Waals surface area contributed by atoms with Gasteiger partial charge in [0.05, 0.1) is 0 Å². The summed E-state index contributed by atoms with van der Waals surface area (Å²) in [7, 11) is 0. The zero-order valence-electron chi connectivity index (χ0n) is 10.7. The summed E-state index contributed by atoms with van der Waals surface area (Å²) in [6.07, 6.45) is 1.09. The predicted octanol–water partition coefficient (Wildman–Crippen LogP) is 2.93. The Balaban J connectivity index is 2.74. The Bertz CT molecular complexity index is 364. The molecule has 88 valence electrons. The van der Waals surface area contributed by atoms with Gasteiger partial charge in [0.2, 0.25) is 5.95 Å². The van der Waals surface area contributed by atoms with Crippen molar-refractivity contribution < 1.29 is 0 Å². The zero-order valence-corrected chi connectivity index (χ0v) is 10.7. The Morgan fingerprint density at radius 3 is 2.44 bits per heavy atom. The minimum Gasteiger partial charge on any atom is -0.245 e. The lowest BCUT2D eigenvalue weighted by molar-refractivity contribution is 0.734. The monoisotopic (exact) mass is 220 g/mol. The van der Waals surface area contributed by atoms with Crippen molar-refractivity contribution in [2.75, 3.05) is 5.43 Å². The van der Waals surface area contributed by atoms with Crippen LogP contribution in [0, 0.1) is 19.8 Å². The highest BCUT2D eigenvalue weighted by Gasteiger charge is 2.03. The topological polar surface area (TPSA) is 50.2 Å². The Morgan fingerprint density at radius 1 is 1.38 bits per heavy atom. The van der Waals surface area contributed by atoms with Gasteiger partial charge in [0.1, 0.15) is 0 Å². The van der Waals surface area contributed by atoms with E-state index >= 15 is 0 Å². The second-order valence-electron chi connectivity index (χ2n) is 4.15. The van der Waals surface area contributed by atoms with Gasteiger partial charge < -0.3 is 0 Å². The largest absolute Gasteiger partial charge is 0.245 e. The van der Waals surface area contributed by atoms with Gasteiger partial charge in [0.15, 0.2) is 0 Å². The molecule has 1 aromatic rings. The third-order valence-electron chi connectivity index (χ3n) is 2.64. The van der Waals surface area contributed by atoms with E-state index in [1.54, 1.807) is 0 Å². The highest BCUT2D eigenvalue weighted by molar-refractivity contribution is 5.84. The molecule has 0 bridgehead atoms. The number of nitrogens with one attached hydrogen (secondary N) is 1. The molecule has 0 fully saturated rings. The van der Waals surface area contributed by atoms with Gasteiger partial charge in [-0.3, -0.25) is 0 Å². The van der Waals surface area contributed by atoms with Crippen LogP contribution in [-0.2, 0) is 0 Å². The number of hydrogen-bond acceptors (Lipinski definition) is 4. The third kappa shape index (κ3) is 3.61. The number of anilines is 1. The predicted molar refractivity (Wildman–Crippen MR) is 67.7 cm³/mol.